The molecular weight excluding hydrogens is 150 g/mol. The van der Waals surface area contributed by atoms with Crippen LogP contribution in [0.2, 0.25) is 0 Å². The van der Waals surface area contributed by atoms with Gasteiger partial charge in [-0.2, -0.15) is 0 Å². The fourth-order valence-corrected chi connectivity index (χ4v) is 1.21. The molecule has 1 rings (SSSR count). The molecule has 3 N–H and O–H groups in total. The number of nitrogens with two attached hydrogens (primary N) is 1. The normalized spacial score (nSPS) is 9.92. The SMILES string of the molecule is Cc1ccccc1N(C)CNN. The average molecular weight is 165 g/mol. The van der Waals surface area contributed by atoms with Crippen molar-refractivity contribution in [2.45, 2.75) is 6.92 Å². The molecule has 0 bridgehead atoms. The maximum absolute atomic E-state index is 5.23. The highest BCUT2D eigenvalue weighted by Gasteiger charge is 2.00. The van der Waals surface area contributed by atoms with Crippen LogP contribution >= 0.6 is 0 Å². The number of hydrogen-bond acceptors (Lipinski definition) is 3. The van der Waals surface area contributed by atoms with Crippen molar-refractivity contribution in [3.8, 4) is 0 Å². The minimum absolute atomic E-state index is 0.658. The van der Waals surface area contributed by atoms with Crippen LogP contribution in [0.3, 0.4) is 0 Å². The molecule has 0 saturated heterocycles. The van der Waals surface area contributed by atoms with E-state index in [1.807, 2.05) is 19.2 Å². The number of anilines is 1. The summed E-state index contributed by atoms with van der Waals surface area (Å²) in [5.74, 6) is 5.23. The van der Waals surface area contributed by atoms with E-state index < -0.39 is 0 Å². The Morgan fingerprint density at radius 2 is 2.08 bits per heavy atom. The van der Waals surface area contributed by atoms with Crippen molar-refractivity contribution in [2.75, 3.05) is 18.6 Å². The molecule has 0 spiro atoms. The number of aryl methyl sites for hydroxylation is 1. The molecule has 0 aliphatic carbocycles. The summed E-state index contributed by atoms with van der Waals surface area (Å²) in [5, 5.41) is 0. The molecule has 0 aromatic heterocycles. The largest absolute Gasteiger partial charge is 0.360 e. The lowest BCUT2D eigenvalue weighted by molar-refractivity contribution is 0.716. The number of hydrazine groups is 1. The van der Waals surface area contributed by atoms with E-state index in [9.17, 15) is 0 Å². The monoisotopic (exact) mass is 165 g/mol. The smallest absolute Gasteiger partial charge is 0.0805 e. The predicted molar refractivity (Wildman–Crippen MR) is 51.8 cm³/mol. The molecule has 0 aliphatic rings. The molecule has 1 aromatic rings. The third-order valence-electron chi connectivity index (χ3n) is 1.86. The van der Waals surface area contributed by atoms with E-state index in [0.29, 0.717) is 6.67 Å². The highest BCUT2D eigenvalue weighted by Crippen LogP contribution is 2.16. The predicted octanol–water partition coefficient (Wildman–Crippen LogP) is 0.852. The topological polar surface area (TPSA) is 41.3 Å². The molecule has 0 fully saturated rings. The zero-order valence-corrected chi connectivity index (χ0v) is 7.54. The second-order valence-corrected chi connectivity index (χ2v) is 2.85. The van der Waals surface area contributed by atoms with Crippen LogP contribution in [0.1, 0.15) is 5.56 Å². The number of nitrogens with one attached hydrogen (secondary N) is 1. The van der Waals surface area contributed by atoms with Gasteiger partial charge in [0.05, 0.1) is 6.67 Å². The Morgan fingerprint density at radius 1 is 1.42 bits per heavy atom. The second-order valence-electron chi connectivity index (χ2n) is 2.85. The lowest BCUT2D eigenvalue weighted by Crippen LogP contribution is -2.35. The molecule has 1 aromatic carbocycles. The minimum Gasteiger partial charge on any atom is -0.360 e. The van der Waals surface area contributed by atoms with Crippen LogP contribution in [0.5, 0.6) is 0 Å². The first kappa shape index (κ1) is 9.03. The number of para-hydroxylation sites is 1. The zero-order valence-electron chi connectivity index (χ0n) is 7.54. The molecule has 0 amide bonds. The third kappa shape index (κ3) is 1.96. The van der Waals surface area contributed by atoms with Gasteiger partial charge in [0.1, 0.15) is 0 Å². The van der Waals surface area contributed by atoms with Gasteiger partial charge in [-0.05, 0) is 18.6 Å². The van der Waals surface area contributed by atoms with Crippen LogP contribution in [0.15, 0.2) is 24.3 Å². The van der Waals surface area contributed by atoms with Crippen LogP contribution in [-0.4, -0.2) is 13.7 Å². The van der Waals surface area contributed by atoms with E-state index in [2.05, 4.69) is 29.4 Å². The van der Waals surface area contributed by atoms with E-state index in [-0.39, 0.29) is 0 Å². The Balaban J connectivity index is 2.79. The molecule has 0 aliphatic heterocycles. The summed E-state index contributed by atoms with van der Waals surface area (Å²) in [6, 6.07) is 8.22. The number of hydrogen-bond donors (Lipinski definition) is 2. The fraction of sp³-hybridized carbons (Fsp3) is 0.333. The molecule has 0 unspecified atom stereocenters. The van der Waals surface area contributed by atoms with Crippen LogP contribution in [-0.2, 0) is 0 Å². The lowest BCUT2D eigenvalue weighted by Gasteiger charge is -2.20. The maximum atomic E-state index is 5.23. The molecule has 0 atom stereocenters. The third-order valence-corrected chi connectivity index (χ3v) is 1.86. The fourth-order valence-electron chi connectivity index (χ4n) is 1.21. The van der Waals surface area contributed by atoms with Crippen molar-refractivity contribution in [3.63, 3.8) is 0 Å². The quantitative estimate of drug-likeness (QED) is 0.396. The van der Waals surface area contributed by atoms with Crippen LogP contribution in [0.4, 0.5) is 5.69 Å². The lowest BCUT2D eigenvalue weighted by atomic mass is 10.2. The van der Waals surface area contributed by atoms with Crippen molar-refractivity contribution in [1.82, 2.24) is 5.43 Å². The van der Waals surface area contributed by atoms with Gasteiger partial charge in [-0.25, -0.2) is 5.43 Å². The van der Waals surface area contributed by atoms with Crippen molar-refractivity contribution in [3.05, 3.63) is 29.8 Å². The number of benzene rings is 1. The summed E-state index contributed by atoms with van der Waals surface area (Å²) >= 11 is 0. The Labute approximate surface area is 73.1 Å². The van der Waals surface area contributed by atoms with Gasteiger partial charge in [-0.15, -0.1) is 0 Å². The molecule has 3 nitrogen and oxygen atoms in total. The molecule has 0 radical (unpaired) electrons. The van der Waals surface area contributed by atoms with Gasteiger partial charge in [0, 0.05) is 12.7 Å². The Morgan fingerprint density at radius 3 is 2.67 bits per heavy atom. The molecule has 0 heterocycles. The Bertz CT molecular complexity index is 247. The zero-order chi connectivity index (χ0) is 8.97. The van der Waals surface area contributed by atoms with Crippen molar-refractivity contribution in [2.24, 2.45) is 5.84 Å². The van der Waals surface area contributed by atoms with Crippen LogP contribution in [0, 0.1) is 6.92 Å². The molecule has 66 valence electrons. The first-order chi connectivity index (χ1) is 5.75. The summed E-state index contributed by atoms with van der Waals surface area (Å²) in [6.45, 7) is 2.74. The average Bonchev–Trinajstić information content (AvgIpc) is 2.05. The van der Waals surface area contributed by atoms with Crippen LogP contribution in [0.25, 0.3) is 0 Å². The summed E-state index contributed by atoms with van der Waals surface area (Å²) in [5.41, 5.74) is 5.08. The van der Waals surface area contributed by atoms with Crippen molar-refractivity contribution in [1.29, 1.82) is 0 Å². The van der Waals surface area contributed by atoms with Crippen molar-refractivity contribution >= 4 is 5.69 Å². The first-order valence-corrected chi connectivity index (χ1v) is 3.96. The van der Waals surface area contributed by atoms with Gasteiger partial charge >= 0.3 is 0 Å². The minimum atomic E-state index is 0.658. The van der Waals surface area contributed by atoms with Gasteiger partial charge in [0.15, 0.2) is 0 Å². The van der Waals surface area contributed by atoms with Gasteiger partial charge in [0.2, 0.25) is 0 Å². The first-order valence-electron chi connectivity index (χ1n) is 3.96. The van der Waals surface area contributed by atoms with Gasteiger partial charge in [-0.3, -0.25) is 5.84 Å². The Hall–Kier alpha value is -1.06. The van der Waals surface area contributed by atoms with Gasteiger partial charge < -0.3 is 4.90 Å². The summed E-state index contributed by atoms with van der Waals surface area (Å²) < 4.78 is 0. The highest BCUT2D eigenvalue weighted by atomic mass is 15.3. The van der Waals surface area contributed by atoms with E-state index in [1.54, 1.807) is 0 Å². The number of rotatable bonds is 3. The Kier molecular flexibility index (Phi) is 3.08. The molecule has 12 heavy (non-hydrogen) atoms. The van der Waals surface area contributed by atoms with Crippen molar-refractivity contribution < 1.29 is 0 Å². The summed E-state index contributed by atoms with van der Waals surface area (Å²) in [6.07, 6.45) is 0. The van der Waals surface area contributed by atoms with E-state index >= 15 is 0 Å². The second kappa shape index (κ2) is 4.09. The molecule has 0 saturated carbocycles. The van der Waals surface area contributed by atoms with Gasteiger partial charge in [0.25, 0.3) is 0 Å². The maximum Gasteiger partial charge on any atom is 0.0805 e. The number of nitrogens with zero attached hydrogens (tertiary/aromatic N) is 1. The van der Waals surface area contributed by atoms with Gasteiger partial charge in [-0.1, -0.05) is 18.2 Å². The van der Waals surface area contributed by atoms with E-state index in [4.69, 9.17) is 5.84 Å². The summed E-state index contributed by atoms with van der Waals surface area (Å²) in [7, 11) is 2.00. The molecular formula is C9H15N3. The standard InChI is InChI=1S/C9H15N3/c1-8-5-3-4-6-9(8)12(2)7-11-10/h3-6,11H,7,10H2,1-2H3. The summed E-state index contributed by atoms with van der Waals surface area (Å²) in [4.78, 5) is 2.06. The van der Waals surface area contributed by atoms with E-state index in [1.165, 1.54) is 11.3 Å². The van der Waals surface area contributed by atoms with E-state index in [0.717, 1.165) is 0 Å². The van der Waals surface area contributed by atoms with Crippen LogP contribution < -0.4 is 16.2 Å². The highest BCUT2D eigenvalue weighted by molar-refractivity contribution is 5.51. The molecule has 3 heteroatoms.